The van der Waals surface area contributed by atoms with E-state index in [-0.39, 0.29) is 5.75 Å². The highest BCUT2D eigenvalue weighted by Gasteiger charge is 2.36. The van der Waals surface area contributed by atoms with E-state index in [2.05, 4.69) is 4.90 Å². The van der Waals surface area contributed by atoms with Gasteiger partial charge in [-0.1, -0.05) is 0 Å². The summed E-state index contributed by atoms with van der Waals surface area (Å²) in [5, 5.41) is 14.7. The van der Waals surface area contributed by atoms with Crippen LogP contribution >= 0.6 is 0 Å². The van der Waals surface area contributed by atoms with Crippen LogP contribution in [0.3, 0.4) is 0 Å². The molecular formula is C17H21N3O2. The van der Waals surface area contributed by atoms with Gasteiger partial charge in [-0.15, -0.1) is 0 Å². The zero-order valence-corrected chi connectivity index (χ0v) is 13.0. The van der Waals surface area contributed by atoms with Crippen LogP contribution in [0.15, 0.2) is 18.2 Å². The maximum atomic E-state index is 9.92. The number of aromatic hydroxyl groups is 1. The van der Waals surface area contributed by atoms with Crippen molar-refractivity contribution < 1.29 is 9.84 Å². The van der Waals surface area contributed by atoms with E-state index < -0.39 is 0 Å². The first-order valence-electron chi connectivity index (χ1n) is 7.97. The Balaban J connectivity index is 1.86. The molecule has 5 heteroatoms. The molecule has 2 aromatic rings. The molecule has 0 amide bonds. The van der Waals surface area contributed by atoms with Gasteiger partial charge >= 0.3 is 0 Å². The molecular weight excluding hydrogens is 278 g/mol. The van der Waals surface area contributed by atoms with E-state index in [1.165, 1.54) is 24.2 Å². The van der Waals surface area contributed by atoms with Crippen LogP contribution in [0.4, 0.5) is 5.69 Å². The number of benzene rings is 1. The summed E-state index contributed by atoms with van der Waals surface area (Å²) in [6, 6.07) is 5.56. The Morgan fingerprint density at radius 2 is 2.09 bits per heavy atom. The fourth-order valence-electron chi connectivity index (χ4n) is 3.75. The van der Waals surface area contributed by atoms with Crippen molar-refractivity contribution in [3.63, 3.8) is 0 Å². The molecule has 0 saturated carbocycles. The van der Waals surface area contributed by atoms with Gasteiger partial charge in [-0.25, -0.2) is 0 Å². The van der Waals surface area contributed by atoms with Gasteiger partial charge in [-0.05, 0) is 38.0 Å². The summed E-state index contributed by atoms with van der Waals surface area (Å²) in [5.74, 6) is 1.32. The Hall–Kier alpha value is -2.17. The third-order valence-electron chi connectivity index (χ3n) is 4.78. The number of hydrogen-bond donors (Lipinski definition) is 1. The number of ether oxygens (including phenoxy) is 1. The lowest BCUT2D eigenvalue weighted by molar-refractivity contribution is 0.318. The number of anilines is 1. The summed E-state index contributed by atoms with van der Waals surface area (Å²) in [4.78, 5) is 2.45. The molecule has 116 valence electrons. The fraction of sp³-hybridized carbons (Fsp3) is 0.471. The molecule has 0 atom stereocenters. The maximum absolute atomic E-state index is 9.92. The Morgan fingerprint density at radius 1 is 1.32 bits per heavy atom. The molecule has 22 heavy (non-hydrogen) atoms. The number of nitrogens with zero attached hydrogens (tertiary/aromatic N) is 3. The first kappa shape index (κ1) is 13.5. The molecule has 4 heterocycles. The average Bonchev–Trinajstić information content (AvgIpc) is 2.90. The minimum atomic E-state index is 0.184. The van der Waals surface area contributed by atoms with E-state index in [9.17, 15) is 5.11 Å². The van der Waals surface area contributed by atoms with Crippen molar-refractivity contribution in [2.75, 3.05) is 24.6 Å². The van der Waals surface area contributed by atoms with Gasteiger partial charge in [0.25, 0.3) is 0 Å². The Bertz CT molecular complexity index is 715. The van der Waals surface area contributed by atoms with Crippen LogP contribution in [0, 0.1) is 0 Å². The quantitative estimate of drug-likeness (QED) is 0.947. The summed E-state index contributed by atoms with van der Waals surface area (Å²) in [5.41, 5.74) is 4.68. The lowest BCUT2D eigenvalue weighted by Crippen LogP contribution is -2.38. The summed E-state index contributed by atoms with van der Waals surface area (Å²) in [6.07, 6.45) is 2.42. The van der Waals surface area contributed by atoms with Crippen LogP contribution in [-0.4, -0.2) is 34.6 Å². The van der Waals surface area contributed by atoms with E-state index in [0.717, 1.165) is 24.3 Å². The highest BCUT2D eigenvalue weighted by atomic mass is 16.5. The number of piperidine rings is 1. The molecule has 5 nitrogen and oxygen atoms in total. The van der Waals surface area contributed by atoms with E-state index in [1.807, 2.05) is 30.8 Å². The lowest BCUT2D eigenvalue weighted by atomic mass is 9.86. The number of rotatable bonds is 3. The second-order valence-electron chi connectivity index (χ2n) is 6.08. The molecule has 1 saturated heterocycles. The molecule has 3 aliphatic heterocycles. The predicted octanol–water partition coefficient (Wildman–Crippen LogP) is 2.89. The Labute approximate surface area is 130 Å². The van der Waals surface area contributed by atoms with Crippen molar-refractivity contribution in [1.82, 2.24) is 9.78 Å². The molecule has 0 unspecified atom stereocenters. The van der Waals surface area contributed by atoms with Gasteiger partial charge in [0.15, 0.2) is 11.5 Å². The van der Waals surface area contributed by atoms with Crippen LogP contribution in [0.5, 0.6) is 11.5 Å². The van der Waals surface area contributed by atoms with Gasteiger partial charge in [0, 0.05) is 31.6 Å². The molecule has 2 bridgehead atoms. The molecule has 3 aliphatic rings. The molecule has 0 radical (unpaired) electrons. The normalized spacial score (nSPS) is 16.9. The van der Waals surface area contributed by atoms with Crippen LogP contribution < -0.4 is 9.64 Å². The number of phenolic OH excluding ortho intramolecular Hbond substituents is 1. The number of aromatic nitrogens is 2. The molecule has 1 fully saturated rings. The van der Waals surface area contributed by atoms with Crippen molar-refractivity contribution in [2.45, 2.75) is 25.7 Å². The minimum absolute atomic E-state index is 0.184. The van der Waals surface area contributed by atoms with Gasteiger partial charge in [0.05, 0.1) is 23.7 Å². The summed E-state index contributed by atoms with van der Waals surface area (Å²) in [7, 11) is 2.00. The van der Waals surface area contributed by atoms with Crippen LogP contribution in [-0.2, 0) is 7.05 Å². The number of aryl methyl sites for hydroxylation is 1. The van der Waals surface area contributed by atoms with Gasteiger partial charge in [-0.3, -0.25) is 4.68 Å². The zero-order valence-electron chi connectivity index (χ0n) is 13.0. The summed E-state index contributed by atoms with van der Waals surface area (Å²) < 4.78 is 7.50. The van der Waals surface area contributed by atoms with Gasteiger partial charge in [-0.2, -0.15) is 5.10 Å². The molecule has 0 spiro atoms. The topological polar surface area (TPSA) is 50.5 Å². The molecule has 0 aliphatic carbocycles. The number of phenols is 1. The third-order valence-corrected chi connectivity index (χ3v) is 4.78. The minimum Gasteiger partial charge on any atom is -0.504 e. The van der Waals surface area contributed by atoms with Crippen LogP contribution in [0.2, 0.25) is 0 Å². The lowest BCUT2D eigenvalue weighted by Gasteiger charge is -2.39. The van der Waals surface area contributed by atoms with Crippen molar-refractivity contribution in [2.24, 2.45) is 7.05 Å². The number of fused-ring (bicyclic) bond motifs is 2. The first-order valence-corrected chi connectivity index (χ1v) is 7.97. The van der Waals surface area contributed by atoms with Gasteiger partial charge in [0.2, 0.25) is 0 Å². The second-order valence-corrected chi connectivity index (χ2v) is 6.08. The van der Waals surface area contributed by atoms with Crippen LogP contribution in [0.25, 0.3) is 11.3 Å². The summed E-state index contributed by atoms with van der Waals surface area (Å²) >= 11 is 0. The Morgan fingerprint density at radius 3 is 2.82 bits per heavy atom. The average molecular weight is 299 g/mol. The van der Waals surface area contributed by atoms with E-state index in [4.69, 9.17) is 9.84 Å². The third kappa shape index (κ3) is 1.88. The molecule has 5 rings (SSSR count). The van der Waals surface area contributed by atoms with Gasteiger partial charge in [0.1, 0.15) is 0 Å². The van der Waals surface area contributed by atoms with Crippen molar-refractivity contribution in [3.05, 3.63) is 23.9 Å². The van der Waals surface area contributed by atoms with Crippen molar-refractivity contribution in [3.8, 4) is 22.8 Å². The summed E-state index contributed by atoms with van der Waals surface area (Å²) in [6.45, 7) is 4.69. The molecule has 1 N–H and O–H groups in total. The monoisotopic (exact) mass is 299 g/mol. The van der Waals surface area contributed by atoms with E-state index in [0.29, 0.717) is 18.3 Å². The number of hydrogen-bond acceptors (Lipinski definition) is 4. The highest BCUT2D eigenvalue weighted by Crippen LogP contribution is 2.47. The molecule has 1 aromatic carbocycles. The van der Waals surface area contributed by atoms with Gasteiger partial charge < -0.3 is 14.7 Å². The largest absolute Gasteiger partial charge is 0.504 e. The van der Waals surface area contributed by atoms with E-state index >= 15 is 0 Å². The Kier molecular flexibility index (Phi) is 3.03. The van der Waals surface area contributed by atoms with Crippen molar-refractivity contribution >= 4 is 5.69 Å². The maximum Gasteiger partial charge on any atom is 0.161 e. The van der Waals surface area contributed by atoms with Crippen molar-refractivity contribution in [1.29, 1.82) is 0 Å². The van der Waals surface area contributed by atoms with Crippen LogP contribution in [0.1, 0.15) is 31.4 Å². The standard InChI is InChI=1S/C17H21N3O2/c1-3-22-14-10-12(4-5-13(14)21)16-17-15(18-19(16)2)11-6-8-20(17)9-7-11/h4-5,10-11,21H,3,6-9H2,1-2H3. The zero-order chi connectivity index (χ0) is 15.3. The highest BCUT2D eigenvalue weighted by molar-refractivity contribution is 5.80. The fourth-order valence-corrected chi connectivity index (χ4v) is 3.75. The molecule has 1 aromatic heterocycles. The smallest absolute Gasteiger partial charge is 0.161 e. The first-order chi connectivity index (χ1) is 10.7. The second kappa shape index (κ2) is 4.93. The SMILES string of the molecule is CCOc1cc(-c2c3c(nn2C)C2CCN3CC2)ccc1O. The predicted molar refractivity (Wildman–Crippen MR) is 85.7 cm³/mol. The van der Waals surface area contributed by atoms with E-state index in [1.54, 1.807) is 6.07 Å².